The summed E-state index contributed by atoms with van der Waals surface area (Å²) in [5, 5.41) is 19.8. The van der Waals surface area contributed by atoms with E-state index in [1.54, 1.807) is 35.0 Å². The zero-order valence-corrected chi connectivity index (χ0v) is 18.5. The topological polar surface area (TPSA) is 66.0 Å². The van der Waals surface area contributed by atoms with E-state index < -0.39 is 23.5 Å². The summed E-state index contributed by atoms with van der Waals surface area (Å²) in [6.45, 7) is -0.213. The number of halogens is 5. The highest BCUT2D eigenvalue weighted by atomic mass is 35.5. The van der Waals surface area contributed by atoms with Crippen molar-refractivity contribution in [3.05, 3.63) is 106 Å². The highest BCUT2D eigenvalue weighted by molar-refractivity contribution is 6.31. The van der Waals surface area contributed by atoms with E-state index in [4.69, 9.17) is 16.7 Å². The lowest BCUT2D eigenvalue weighted by Crippen LogP contribution is -2.12. The molecule has 1 N–H and O–H groups in total. The average Bonchev–Trinajstić information content (AvgIpc) is 3.14. The van der Waals surface area contributed by atoms with E-state index >= 15 is 0 Å². The summed E-state index contributed by atoms with van der Waals surface area (Å²) in [6, 6.07) is 15.3. The van der Waals surface area contributed by atoms with Crippen molar-refractivity contribution in [2.45, 2.75) is 12.7 Å². The third-order valence-corrected chi connectivity index (χ3v) is 5.69. The number of aromatic carboxylic acids is 1. The van der Waals surface area contributed by atoms with Crippen molar-refractivity contribution in [3.63, 3.8) is 0 Å². The van der Waals surface area contributed by atoms with E-state index in [1.807, 2.05) is 0 Å². The van der Waals surface area contributed by atoms with Crippen LogP contribution in [0.2, 0.25) is 5.02 Å². The molecule has 0 bridgehead atoms. The first-order valence-corrected chi connectivity index (χ1v) is 10.5. The number of aromatic nitrogens is 1. The van der Waals surface area contributed by atoms with Crippen LogP contribution in [0.3, 0.4) is 0 Å². The highest BCUT2D eigenvalue weighted by Crippen LogP contribution is 2.34. The van der Waals surface area contributed by atoms with Gasteiger partial charge < -0.3 is 9.67 Å². The molecule has 3 aromatic carbocycles. The lowest BCUT2D eigenvalue weighted by molar-refractivity contribution is -0.138. The number of rotatable bonds is 5. The van der Waals surface area contributed by atoms with Crippen molar-refractivity contribution in [1.82, 2.24) is 4.57 Å². The standard InChI is InChI=1S/C26H15ClF4N2O2/c27-20-6-8-22-19(9-18(12-32)15-1-3-16(4-2-15)25(34)35)14-33(24(22)10-20)13-17-5-7-21(28)11-23(17)26(29,30)31/h1-11,14H,13H2,(H,34,35). The zero-order valence-electron chi connectivity index (χ0n) is 17.8. The molecule has 0 atom stereocenters. The molecule has 0 aliphatic carbocycles. The number of carbonyl (C=O) groups is 1. The van der Waals surface area contributed by atoms with Crippen molar-refractivity contribution in [1.29, 1.82) is 5.26 Å². The zero-order chi connectivity index (χ0) is 25.3. The molecule has 9 heteroatoms. The normalized spacial score (nSPS) is 12.1. The second-order valence-corrected chi connectivity index (χ2v) is 8.16. The Bertz CT molecular complexity index is 1510. The fourth-order valence-electron chi connectivity index (χ4n) is 3.80. The molecular weight excluding hydrogens is 484 g/mol. The van der Waals surface area contributed by atoms with Gasteiger partial charge in [-0.25, -0.2) is 9.18 Å². The van der Waals surface area contributed by atoms with E-state index in [-0.39, 0.29) is 23.2 Å². The van der Waals surface area contributed by atoms with Gasteiger partial charge in [0.05, 0.1) is 28.3 Å². The van der Waals surface area contributed by atoms with Gasteiger partial charge in [0.1, 0.15) is 5.82 Å². The molecule has 0 saturated carbocycles. The van der Waals surface area contributed by atoms with E-state index in [0.29, 0.717) is 33.1 Å². The summed E-state index contributed by atoms with van der Waals surface area (Å²) < 4.78 is 55.7. The quantitative estimate of drug-likeness (QED) is 0.232. The summed E-state index contributed by atoms with van der Waals surface area (Å²) in [5.74, 6) is -2.09. The van der Waals surface area contributed by atoms with Gasteiger partial charge in [-0.1, -0.05) is 35.9 Å². The molecular formula is C26H15ClF4N2O2. The molecule has 0 fully saturated rings. The van der Waals surface area contributed by atoms with Crippen LogP contribution in [0, 0.1) is 17.1 Å². The summed E-state index contributed by atoms with van der Waals surface area (Å²) in [5.41, 5.74) is 0.646. The number of fused-ring (bicyclic) bond motifs is 1. The minimum absolute atomic E-state index is 0.0667. The van der Waals surface area contributed by atoms with Gasteiger partial charge >= 0.3 is 12.1 Å². The van der Waals surface area contributed by atoms with Crippen molar-refractivity contribution in [2.75, 3.05) is 0 Å². The number of carboxylic acids is 1. The second-order valence-electron chi connectivity index (χ2n) is 7.73. The third-order valence-electron chi connectivity index (χ3n) is 5.46. The van der Waals surface area contributed by atoms with E-state index in [2.05, 4.69) is 6.07 Å². The smallest absolute Gasteiger partial charge is 0.416 e. The number of hydrogen-bond donors (Lipinski definition) is 1. The van der Waals surface area contributed by atoms with Gasteiger partial charge in [0.2, 0.25) is 0 Å². The van der Waals surface area contributed by atoms with Crippen molar-refractivity contribution in [3.8, 4) is 6.07 Å². The first-order chi connectivity index (χ1) is 16.6. The number of allylic oxidation sites excluding steroid dienone is 1. The van der Waals surface area contributed by atoms with Crippen LogP contribution in [-0.4, -0.2) is 15.6 Å². The number of nitrogens with zero attached hydrogens (tertiary/aromatic N) is 2. The molecule has 1 aromatic heterocycles. The summed E-state index contributed by atoms with van der Waals surface area (Å²) in [4.78, 5) is 11.1. The van der Waals surface area contributed by atoms with E-state index in [9.17, 15) is 27.6 Å². The van der Waals surface area contributed by atoms with Gasteiger partial charge in [-0.2, -0.15) is 18.4 Å². The Morgan fingerprint density at radius 3 is 2.37 bits per heavy atom. The molecule has 4 rings (SSSR count). The van der Waals surface area contributed by atoms with E-state index in [1.165, 1.54) is 24.3 Å². The Balaban J connectivity index is 1.82. The van der Waals surface area contributed by atoms with Gasteiger partial charge in [0, 0.05) is 28.7 Å². The molecule has 0 unspecified atom stereocenters. The molecule has 176 valence electrons. The molecule has 0 aliphatic rings. The van der Waals surface area contributed by atoms with Gasteiger partial charge in [0.25, 0.3) is 0 Å². The third kappa shape index (κ3) is 5.05. The average molecular weight is 499 g/mol. The Hall–Kier alpha value is -4.09. The number of hydrogen-bond acceptors (Lipinski definition) is 2. The Morgan fingerprint density at radius 2 is 1.74 bits per heavy atom. The minimum atomic E-state index is -4.74. The SMILES string of the molecule is N#CC(=Cc1cn(Cc2ccc(F)cc2C(F)(F)F)c2cc(Cl)ccc12)c1ccc(C(=O)O)cc1. The number of benzene rings is 3. The Labute approximate surface area is 201 Å². The molecule has 0 radical (unpaired) electrons. The number of carboxylic acid groups (broad SMARTS) is 1. The molecule has 1 heterocycles. The Morgan fingerprint density at radius 1 is 1.06 bits per heavy atom. The first kappa shape index (κ1) is 24.0. The minimum Gasteiger partial charge on any atom is -0.478 e. The summed E-state index contributed by atoms with van der Waals surface area (Å²) in [6.07, 6.45) is -1.58. The number of nitriles is 1. The van der Waals surface area contributed by atoms with Crippen molar-refractivity contribution >= 4 is 40.1 Å². The maximum atomic E-state index is 13.5. The molecule has 4 nitrogen and oxygen atoms in total. The predicted octanol–water partition coefficient (Wildman–Crippen LogP) is 7.26. The van der Waals surface area contributed by atoms with E-state index in [0.717, 1.165) is 12.1 Å². The maximum Gasteiger partial charge on any atom is 0.416 e. The monoisotopic (exact) mass is 498 g/mol. The van der Waals surface area contributed by atoms with Crippen molar-refractivity contribution < 1.29 is 27.5 Å². The molecule has 4 aromatic rings. The summed E-state index contributed by atoms with van der Waals surface area (Å²) >= 11 is 6.14. The van der Waals surface area contributed by atoms with Crippen LogP contribution in [0.5, 0.6) is 0 Å². The van der Waals surface area contributed by atoms with Crippen LogP contribution >= 0.6 is 11.6 Å². The highest BCUT2D eigenvalue weighted by Gasteiger charge is 2.33. The lowest BCUT2D eigenvalue weighted by Gasteiger charge is -2.14. The summed E-state index contributed by atoms with van der Waals surface area (Å²) in [7, 11) is 0. The van der Waals surface area contributed by atoms with Crippen LogP contribution in [0.1, 0.15) is 32.6 Å². The van der Waals surface area contributed by atoms with Gasteiger partial charge in [-0.05, 0) is 53.6 Å². The van der Waals surface area contributed by atoms with Crippen LogP contribution in [-0.2, 0) is 12.7 Å². The van der Waals surface area contributed by atoms with Gasteiger partial charge in [-0.3, -0.25) is 0 Å². The molecule has 0 saturated heterocycles. The largest absolute Gasteiger partial charge is 0.478 e. The fourth-order valence-corrected chi connectivity index (χ4v) is 3.97. The molecule has 0 amide bonds. The van der Waals surface area contributed by atoms with Crippen LogP contribution in [0.25, 0.3) is 22.6 Å². The second kappa shape index (κ2) is 9.28. The van der Waals surface area contributed by atoms with Crippen LogP contribution in [0.4, 0.5) is 17.6 Å². The number of alkyl halides is 3. The predicted molar refractivity (Wildman–Crippen MR) is 124 cm³/mol. The fraction of sp³-hybridized carbons (Fsp3) is 0.0769. The van der Waals surface area contributed by atoms with Gasteiger partial charge in [-0.15, -0.1) is 0 Å². The maximum absolute atomic E-state index is 13.5. The molecule has 0 aliphatic heterocycles. The van der Waals surface area contributed by atoms with Crippen molar-refractivity contribution in [2.24, 2.45) is 0 Å². The lowest BCUT2D eigenvalue weighted by atomic mass is 10.0. The molecule has 0 spiro atoms. The molecule has 35 heavy (non-hydrogen) atoms. The van der Waals surface area contributed by atoms with Crippen LogP contribution in [0.15, 0.2) is 66.9 Å². The Kier molecular flexibility index (Phi) is 6.37. The van der Waals surface area contributed by atoms with Crippen LogP contribution < -0.4 is 0 Å². The van der Waals surface area contributed by atoms with Gasteiger partial charge in [0.15, 0.2) is 0 Å². The first-order valence-electron chi connectivity index (χ1n) is 10.2.